The van der Waals surface area contributed by atoms with Crippen LogP contribution in [-0.2, 0) is 6.42 Å². The highest BCUT2D eigenvalue weighted by Crippen LogP contribution is 2.26. The lowest BCUT2D eigenvalue weighted by Gasteiger charge is -2.16. The Balaban J connectivity index is 2.32. The van der Waals surface area contributed by atoms with Gasteiger partial charge in [-0.05, 0) is 55.7 Å². The summed E-state index contributed by atoms with van der Waals surface area (Å²) < 4.78 is 26.8. The molecule has 3 heteroatoms. The van der Waals surface area contributed by atoms with E-state index in [-0.39, 0.29) is 12.0 Å². The summed E-state index contributed by atoms with van der Waals surface area (Å²) >= 11 is 0. The van der Waals surface area contributed by atoms with Crippen LogP contribution in [0, 0.1) is 32.4 Å². The molecule has 0 amide bonds. The van der Waals surface area contributed by atoms with Crippen molar-refractivity contribution < 1.29 is 13.9 Å². The maximum absolute atomic E-state index is 13.7. The Kier molecular flexibility index (Phi) is 4.19. The van der Waals surface area contributed by atoms with Gasteiger partial charge in [-0.2, -0.15) is 0 Å². The Labute approximate surface area is 117 Å². The molecule has 2 aromatic carbocycles. The summed E-state index contributed by atoms with van der Waals surface area (Å²) in [7, 11) is 0. The van der Waals surface area contributed by atoms with Crippen molar-refractivity contribution in [2.45, 2.75) is 33.3 Å². The van der Waals surface area contributed by atoms with Crippen LogP contribution in [0.15, 0.2) is 30.3 Å². The van der Waals surface area contributed by atoms with E-state index in [1.54, 1.807) is 0 Å². The lowest BCUT2D eigenvalue weighted by Crippen LogP contribution is -2.07. The van der Waals surface area contributed by atoms with Crippen molar-refractivity contribution in [1.29, 1.82) is 0 Å². The van der Waals surface area contributed by atoms with E-state index >= 15 is 0 Å². The minimum Gasteiger partial charge on any atom is -0.388 e. The first kappa shape index (κ1) is 14.7. The molecule has 1 N–H and O–H groups in total. The second-order valence-corrected chi connectivity index (χ2v) is 5.26. The molecule has 0 saturated heterocycles. The van der Waals surface area contributed by atoms with Crippen molar-refractivity contribution >= 4 is 0 Å². The molecule has 0 aliphatic carbocycles. The largest absolute Gasteiger partial charge is 0.388 e. The molecule has 20 heavy (non-hydrogen) atoms. The highest BCUT2D eigenvalue weighted by molar-refractivity contribution is 5.38. The van der Waals surface area contributed by atoms with Gasteiger partial charge in [-0.15, -0.1) is 0 Å². The molecule has 0 bridgehead atoms. The summed E-state index contributed by atoms with van der Waals surface area (Å²) in [5.74, 6) is -1.13. The molecule has 1 atom stereocenters. The van der Waals surface area contributed by atoms with Crippen LogP contribution in [0.4, 0.5) is 8.78 Å². The van der Waals surface area contributed by atoms with Gasteiger partial charge in [0.2, 0.25) is 0 Å². The first-order chi connectivity index (χ1) is 9.38. The molecule has 0 aliphatic heterocycles. The Bertz CT molecular complexity index is 612. The minimum absolute atomic E-state index is 0.00405. The molecule has 2 aromatic rings. The molecule has 0 aliphatic rings. The van der Waals surface area contributed by atoms with Gasteiger partial charge < -0.3 is 5.11 Å². The van der Waals surface area contributed by atoms with Crippen LogP contribution in [-0.4, -0.2) is 5.11 Å². The fourth-order valence-electron chi connectivity index (χ4n) is 2.61. The summed E-state index contributed by atoms with van der Waals surface area (Å²) in [4.78, 5) is 0. The highest BCUT2D eigenvalue weighted by Gasteiger charge is 2.16. The molecule has 106 valence electrons. The van der Waals surface area contributed by atoms with E-state index in [0.717, 1.165) is 40.5 Å². The predicted octanol–water partition coefficient (Wildman–Crippen LogP) is 4.17. The zero-order valence-corrected chi connectivity index (χ0v) is 11.9. The first-order valence-electron chi connectivity index (χ1n) is 6.58. The Morgan fingerprint density at radius 3 is 2.20 bits per heavy atom. The Morgan fingerprint density at radius 2 is 1.60 bits per heavy atom. The van der Waals surface area contributed by atoms with Gasteiger partial charge in [-0.1, -0.05) is 17.7 Å². The quantitative estimate of drug-likeness (QED) is 0.892. The smallest absolute Gasteiger partial charge is 0.129 e. The topological polar surface area (TPSA) is 20.2 Å². The van der Waals surface area contributed by atoms with Gasteiger partial charge in [-0.25, -0.2) is 8.78 Å². The van der Waals surface area contributed by atoms with E-state index < -0.39 is 17.7 Å². The molecule has 0 spiro atoms. The van der Waals surface area contributed by atoms with Gasteiger partial charge in [0, 0.05) is 12.0 Å². The summed E-state index contributed by atoms with van der Waals surface area (Å²) in [5, 5.41) is 10.2. The normalized spacial score (nSPS) is 12.5. The third-order valence-corrected chi connectivity index (χ3v) is 3.55. The molecular formula is C17H18F2O. The summed E-state index contributed by atoms with van der Waals surface area (Å²) in [6.45, 7) is 5.93. The van der Waals surface area contributed by atoms with E-state index in [1.165, 1.54) is 0 Å². The number of benzene rings is 2. The van der Waals surface area contributed by atoms with Crippen molar-refractivity contribution in [2.24, 2.45) is 0 Å². The van der Waals surface area contributed by atoms with E-state index in [9.17, 15) is 13.9 Å². The van der Waals surface area contributed by atoms with Crippen molar-refractivity contribution in [1.82, 2.24) is 0 Å². The third-order valence-electron chi connectivity index (χ3n) is 3.55. The maximum atomic E-state index is 13.7. The van der Waals surface area contributed by atoms with Gasteiger partial charge in [0.15, 0.2) is 0 Å². The lowest BCUT2D eigenvalue weighted by molar-refractivity contribution is 0.172. The van der Waals surface area contributed by atoms with Gasteiger partial charge in [0.05, 0.1) is 6.10 Å². The number of aliphatic hydroxyl groups is 1. The van der Waals surface area contributed by atoms with Crippen molar-refractivity contribution in [3.8, 4) is 0 Å². The molecular weight excluding hydrogens is 258 g/mol. The van der Waals surface area contributed by atoms with E-state index in [1.807, 2.05) is 32.9 Å². The Hall–Kier alpha value is -1.74. The molecule has 0 radical (unpaired) electrons. The molecule has 1 unspecified atom stereocenters. The monoisotopic (exact) mass is 276 g/mol. The number of hydrogen-bond donors (Lipinski definition) is 1. The van der Waals surface area contributed by atoms with Crippen LogP contribution < -0.4 is 0 Å². The number of aryl methyl sites for hydroxylation is 3. The van der Waals surface area contributed by atoms with Crippen LogP contribution in [0.1, 0.15) is 33.9 Å². The minimum atomic E-state index is -1.05. The lowest BCUT2D eigenvalue weighted by atomic mass is 9.93. The third kappa shape index (κ3) is 3.05. The fourth-order valence-corrected chi connectivity index (χ4v) is 2.61. The molecule has 0 heterocycles. The zero-order valence-electron chi connectivity index (χ0n) is 11.9. The number of halogens is 2. The van der Waals surface area contributed by atoms with Gasteiger partial charge >= 0.3 is 0 Å². The average molecular weight is 276 g/mol. The molecule has 0 saturated carbocycles. The Morgan fingerprint density at radius 1 is 1.00 bits per heavy atom. The predicted molar refractivity (Wildman–Crippen MR) is 75.7 cm³/mol. The molecule has 1 nitrogen and oxygen atoms in total. The van der Waals surface area contributed by atoms with Crippen LogP contribution in [0.25, 0.3) is 0 Å². The summed E-state index contributed by atoms with van der Waals surface area (Å²) in [5.41, 5.74) is 4.24. The molecule has 2 rings (SSSR count). The van der Waals surface area contributed by atoms with Gasteiger partial charge in [0.25, 0.3) is 0 Å². The highest BCUT2D eigenvalue weighted by atomic mass is 19.1. The first-order valence-corrected chi connectivity index (χ1v) is 6.58. The van der Waals surface area contributed by atoms with E-state index in [4.69, 9.17) is 0 Å². The SMILES string of the molecule is Cc1cc(C)c(CC(O)c2cc(F)ccc2F)c(C)c1. The number of aliphatic hydroxyl groups excluding tert-OH is 1. The van der Waals surface area contributed by atoms with E-state index in [0.29, 0.717) is 0 Å². The summed E-state index contributed by atoms with van der Waals surface area (Å²) in [6, 6.07) is 7.20. The number of hydrogen-bond acceptors (Lipinski definition) is 1. The van der Waals surface area contributed by atoms with Crippen LogP contribution in [0.5, 0.6) is 0 Å². The van der Waals surface area contributed by atoms with Gasteiger partial charge in [-0.3, -0.25) is 0 Å². The van der Waals surface area contributed by atoms with Crippen molar-refractivity contribution in [3.63, 3.8) is 0 Å². The maximum Gasteiger partial charge on any atom is 0.129 e. The van der Waals surface area contributed by atoms with Crippen molar-refractivity contribution in [2.75, 3.05) is 0 Å². The van der Waals surface area contributed by atoms with Crippen LogP contribution in [0.3, 0.4) is 0 Å². The fraction of sp³-hybridized carbons (Fsp3) is 0.294. The molecule has 0 aromatic heterocycles. The van der Waals surface area contributed by atoms with E-state index in [2.05, 4.69) is 0 Å². The van der Waals surface area contributed by atoms with Crippen molar-refractivity contribution in [3.05, 3.63) is 69.8 Å². The molecule has 0 fully saturated rings. The van der Waals surface area contributed by atoms with Crippen LogP contribution >= 0.6 is 0 Å². The zero-order chi connectivity index (χ0) is 14.9. The number of rotatable bonds is 3. The average Bonchev–Trinajstić information content (AvgIpc) is 2.36. The summed E-state index contributed by atoms with van der Waals surface area (Å²) in [6.07, 6.45) is -0.774. The second kappa shape index (κ2) is 5.71. The standard InChI is InChI=1S/C17H18F2O/c1-10-6-11(2)14(12(3)7-10)9-17(20)15-8-13(18)4-5-16(15)19/h4-8,17,20H,9H2,1-3H3. The van der Waals surface area contributed by atoms with Gasteiger partial charge in [0.1, 0.15) is 11.6 Å². The second-order valence-electron chi connectivity index (χ2n) is 5.26. The van der Waals surface area contributed by atoms with Crippen LogP contribution in [0.2, 0.25) is 0 Å².